The highest BCUT2D eigenvalue weighted by atomic mass is 14.1. The van der Waals surface area contributed by atoms with Gasteiger partial charge in [-0.25, -0.2) is 0 Å². The Hall–Kier alpha value is -0.780. The van der Waals surface area contributed by atoms with Crippen LogP contribution in [0.5, 0.6) is 0 Å². The van der Waals surface area contributed by atoms with Gasteiger partial charge in [-0.1, -0.05) is 42.4 Å². The minimum Gasteiger partial charge on any atom is -0.0959 e. The Balaban J connectivity index is 4.44. The average molecular weight is 164 g/mol. The van der Waals surface area contributed by atoms with Crippen molar-refractivity contribution in [2.75, 3.05) is 0 Å². The second-order valence-electron chi connectivity index (χ2n) is 3.45. The molecule has 0 N–H and O–H groups in total. The Morgan fingerprint density at radius 2 is 1.75 bits per heavy atom. The zero-order valence-corrected chi connectivity index (χ0v) is 8.94. The highest BCUT2D eigenvalue weighted by molar-refractivity contribution is 5.26. The lowest BCUT2D eigenvalue weighted by atomic mass is 9.98. The highest BCUT2D eigenvalue weighted by Crippen LogP contribution is 2.16. The van der Waals surface area contributed by atoms with E-state index in [2.05, 4.69) is 46.4 Å². The Labute approximate surface area is 76.7 Å². The predicted octanol–water partition coefficient (Wildman–Crippen LogP) is 4.11. The van der Waals surface area contributed by atoms with Gasteiger partial charge in [-0.15, -0.1) is 0 Å². The van der Waals surface area contributed by atoms with Crippen LogP contribution in [-0.4, -0.2) is 0 Å². The SMILES string of the molecule is C=C(C)/C(C)=C/C(C)/C(C)=C/C. The molecule has 0 spiro atoms. The van der Waals surface area contributed by atoms with Crippen molar-refractivity contribution in [2.45, 2.75) is 34.6 Å². The van der Waals surface area contributed by atoms with Crippen molar-refractivity contribution >= 4 is 0 Å². The van der Waals surface area contributed by atoms with Crippen molar-refractivity contribution in [3.63, 3.8) is 0 Å². The number of rotatable bonds is 3. The normalized spacial score (nSPS) is 16.1. The molecule has 12 heavy (non-hydrogen) atoms. The summed E-state index contributed by atoms with van der Waals surface area (Å²) in [6, 6.07) is 0. The maximum atomic E-state index is 3.91. The van der Waals surface area contributed by atoms with Gasteiger partial charge in [0.05, 0.1) is 0 Å². The van der Waals surface area contributed by atoms with Crippen LogP contribution in [0.4, 0.5) is 0 Å². The van der Waals surface area contributed by atoms with E-state index in [4.69, 9.17) is 0 Å². The molecule has 0 amide bonds. The molecule has 0 aliphatic rings. The molecule has 0 bridgehead atoms. The maximum absolute atomic E-state index is 3.91. The molecule has 0 heterocycles. The summed E-state index contributed by atoms with van der Waals surface area (Å²) in [5.74, 6) is 0.534. The molecule has 0 aliphatic heterocycles. The van der Waals surface area contributed by atoms with Gasteiger partial charge in [0.1, 0.15) is 0 Å². The Kier molecular flexibility index (Phi) is 4.65. The summed E-state index contributed by atoms with van der Waals surface area (Å²) in [7, 11) is 0. The molecule has 0 radical (unpaired) electrons. The highest BCUT2D eigenvalue weighted by Gasteiger charge is 1.99. The molecule has 0 aliphatic carbocycles. The minimum atomic E-state index is 0.534. The lowest BCUT2D eigenvalue weighted by Gasteiger charge is -2.08. The van der Waals surface area contributed by atoms with Crippen LogP contribution in [0.1, 0.15) is 34.6 Å². The molecule has 1 atom stereocenters. The minimum absolute atomic E-state index is 0.534. The van der Waals surface area contributed by atoms with E-state index in [-0.39, 0.29) is 0 Å². The van der Waals surface area contributed by atoms with E-state index in [9.17, 15) is 0 Å². The monoisotopic (exact) mass is 164 g/mol. The van der Waals surface area contributed by atoms with Crippen LogP contribution in [0, 0.1) is 5.92 Å². The van der Waals surface area contributed by atoms with Crippen LogP contribution < -0.4 is 0 Å². The maximum Gasteiger partial charge on any atom is -0.00487 e. The van der Waals surface area contributed by atoms with Crippen LogP contribution in [0.15, 0.2) is 35.5 Å². The summed E-state index contributed by atoms with van der Waals surface area (Å²) >= 11 is 0. The van der Waals surface area contributed by atoms with Crippen molar-refractivity contribution in [1.82, 2.24) is 0 Å². The summed E-state index contributed by atoms with van der Waals surface area (Å²) in [6.45, 7) is 14.5. The van der Waals surface area contributed by atoms with Crippen LogP contribution in [0.25, 0.3) is 0 Å². The molecule has 0 rings (SSSR count). The second kappa shape index (κ2) is 4.97. The van der Waals surface area contributed by atoms with Gasteiger partial charge in [0, 0.05) is 0 Å². The Morgan fingerprint density at radius 3 is 2.08 bits per heavy atom. The molecular weight excluding hydrogens is 144 g/mol. The molecule has 0 saturated heterocycles. The predicted molar refractivity (Wildman–Crippen MR) is 57.2 cm³/mol. The van der Waals surface area contributed by atoms with Gasteiger partial charge in [-0.05, 0) is 33.6 Å². The number of hydrogen-bond donors (Lipinski definition) is 0. The number of allylic oxidation sites excluding steroid dienone is 5. The van der Waals surface area contributed by atoms with Gasteiger partial charge in [0.2, 0.25) is 0 Å². The quantitative estimate of drug-likeness (QED) is 0.435. The molecule has 0 nitrogen and oxygen atoms in total. The van der Waals surface area contributed by atoms with E-state index in [1.807, 2.05) is 6.92 Å². The molecule has 0 aromatic rings. The molecule has 68 valence electrons. The lowest BCUT2D eigenvalue weighted by molar-refractivity contribution is 0.850. The first-order valence-corrected chi connectivity index (χ1v) is 4.46. The smallest absolute Gasteiger partial charge is 0.00487 e. The third-order valence-corrected chi connectivity index (χ3v) is 2.35. The largest absolute Gasteiger partial charge is 0.0959 e. The van der Waals surface area contributed by atoms with E-state index in [1.165, 1.54) is 11.1 Å². The summed E-state index contributed by atoms with van der Waals surface area (Å²) in [4.78, 5) is 0. The van der Waals surface area contributed by atoms with Crippen LogP contribution >= 0.6 is 0 Å². The van der Waals surface area contributed by atoms with E-state index in [0.29, 0.717) is 5.92 Å². The first-order valence-electron chi connectivity index (χ1n) is 4.46. The molecule has 0 aromatic heterocycles. The fourth-order valence-corrected chi connectivity index (χ4v) is 0.912. The first kappa shape index (κ1) is 11.2. The van der Waals surface area contributed by atoms with Crippen LogP contribution in [0.3, 0.4) is 0 Å². The topological polar surface area (TPSA) is 0 Å². The molecule has 0 aromatic carbocycles. The van der Waals surface area contributed by atoms with Gasteiger partial charge < -0.3 is 0 Å². The summed E-state index contributed by atoms with van der Waals surface area (Å²) in [5.41, 5.74) is 3.87. The van der Waals surface area contributed by atoms with Crippen molar-refractivity contribution in [3.05, 3.63) is 35.5 Å². The van der Waals surface area contributed by atoms with Crippen molar-refractivity contribution in [3.8, 4) is 0 Å². The van der Waals surface area contributed by atoms with Gasteiger partial charge >= 0.3 is 0 Å². The van der Waals surface area contributed by atoms with Crippen molar-refractivity contribution < 1.29 is 0 Å². The van der Waals surface area contributed by atoms with Crippen molar-refractivity contribution in [2.24, 2.45) is 5.92 Å². The first-order chi connectivity index (χ1) is 5.49. The third-order valence-electron chi connectivity index (χ3n) is 2.35. The number of hydrogen-bond acceptors (Lipinski definition) is 0. The zero-order valence-electron chi connectivity index (χ0n) is 8.94. The molecule has 0 heteroatoms. The van der Waals surface area contributed by atoms with Gasteiger partial charge in [-0.3, -0.25) is 0 Å². The van der Waals surface area contributed by atoms with Gasteiger partial charge in [-0.2, -0.15) is 0 Å². The molecule has 0 saturated carbocycles. The van der Waals surface area contributed by atoms with E-state index >= 15 is 0 Å². The zero-order chi connectivity index (χ0) is 9.72. The summed E-state index contributed by atoms with van der Waals surface area (Å²) in [5, 5.41) is 0. The van der Waals surface area contributed by atoms with E-state index < -0.39 is 0 Å². The lowest BCUT2D eigenvalue weighted by Crippen LogP contribution is -1.93. The van der Waals surface area contributed by atoms with E-state index in [0.717, 1.165) is 5.57 Å². The van der Waals surface area contributed by atoms with Gasteiger partial charge in [0.25, 0.3) is 0 Å². The fraction of sp³-hybridized carbons (Fsp3) is 0.500. The van der Waals surface area contributed by atoms with E-state index in [1.54, 1.807) is 0 Å². The summed E-state index contributed by atoms with van der Waals surface area (Å²) in [6.07, 6.45) is 4.42. The Bertz CT molecular complexity index is 216. The molecule has 1 unspecified atom stereocenters. The van der Waals surface area contributed by atoms with Crippen LogP contribution in [-0.2, 0) is 0 Å². The van der Waals surface area contributed by atoms with Crippen LogP contribution in [0.2, 0.25) is 0 Å². The van der Waals surface area contributed by atoms with Crippen molar-refractivity contribution in [1.29, 1.82) is 0 Å². The molecular formula is C12H20. The Morgan fingerprint density at radius 1 is 1.25 bits per heavy atom. The second-order valence-corrected chi connectivity index (χ2v) is 3.45. The third kappa shape index (κ3) is 3.56. The summed E-state index contributed by atoms with van der Waals surface area (Å²) < 4.78 is 0. The molecule has 0 fully saturated rings. The van der Waals surface area contributed by atoms with Gasteiger partial charge in [0.15, 0.2) is 0 Å². The standard InChI is InChI=1S/C12H20/c1-7-10(4)12(6)8-11(5)9(2)3/h7-8,12H,2H2,1,3-6H3/b10-7+,11-8+. The fourth-order valence-electron chi connectivity index (χ4n) is 0.912. The average Bonchev–Trinajstić information content (AvgIpc) is 2.02.